The zero-order chi connectivity index (χ0) is 12.5. The number of pyridine rings is 1. The van der Waals surface area contributed by atoms with Crippen molar-refractivity contribution in [3.8, 4) is 5.75 Å². The second-order valence-corrected chi connectivity index (χ2v) is 3.61. The Balaban J connectivity index is 0.000001000. The number of aromatic nitrogens is 5. The molecule has 0 saturated heterocycles. The molecule has 8 heteroatoms. The third-order valence-electron chi connectivity index (χ3n) is 2.59. The SMILES string of the molecule is COc1ccc2c(ccc(=O)n2-n2ncnn2)c1.[H-].[Na+]. The molecule has 0 aliphatic heterocycles. The van der Waals surface area contributed by atoms with Crippen LogP contribution in [0.25, 0.3) is 10.9 Å². The van der Waals surface area contributed by atoms with E-state index in [1.807, 2.05) is 6.07 Å². The third-order valence-corrected chi connectivity index (χ3v) is 2.59. The van der Waals surface area contributed by atoms with Gasteiger partial charge in [0.2, 0.25) is 0 Å². The first kappa shape index (κ1) is 13.7. The first-order valence-corrected chi connectivity index (χ1v) is 5.23. The molecule has 0 atom stereocenters. The van der Waals surface area contributed by atoms with Gasteiger partial charge in [0.25, 0.3) is 5.56 Å². The summed E-state index contributed by atoms with van der Waals surface area (Å²) in [5.74, 6) is 0.722. The molecule has 92 valence electrons. The van der Waals surface area contributed by atoms with Crippen molar-refractivity contribution in [2.75, 3.05) is 7.11 Å². The van der Waals surface area contributed by atoms with Crippen LogP contribution in [-0.2, 0) is 0 Å². The van der Waals surface area contributed by atoms with Gasteiger partial charge in [0, 0.05) is 11.5 Å². The summed E-state index contributed by atoms with van der Waals surface area (Å²) in [6.45, 7) is 0. The van der Waals surface area contributed by atoms with Crippen molar-refractivity contribution >= 4 is 10.9 Å². The van der Waals surface area contributed by atoms with Crippen LogP contribution in [0.2, 0.25) is 0 Å². The van der Waals surface area contributed by atoms with Gasteiger partial charge in [-0.1, -0.05) is 4.91 Å². The predicted octanol–water partition coefficient (Wildman–Crippen LogP) is -2.58. The van der Waals surface area contributed by atoms with Crippen molar-refractivity contribution in [1.29, 1.82) is 0 Å². The van der Waals surface area contributed by atoms with Gasteiger partial charge in [-0.2, -0.15) is 4.68 Å². The number of ether oxygens (including phenoxy) is 1. The fraction of sp³-hybridized carbons (Fsp3) is 0.0909. The van der Waals surface area contributed by atoms with Crippen molar-refractivity contribution in [3.05, 3.63) is 47.0 Å². The molecule has 19 heavy (non-hydrogen) atoms. The van der Waals surface area contributed by atoms with Gasteiger partial charge >= 0.3 is 29.6 Å². The van der Waals surface area contributed by atoms with E-state index in [0.29, 0.717) is 5.52 Å². The van der Waals surface area contributed by atoms with Crippen molar-refractivity contribution in [2.24, 2.45) is 0 Å². The quantitative estimate of drug-likeness (QED) is 0.477. The van der Waals surface area contributed by atoms with E-state index in [1.165, 1.54) is 17.1 Å². The van der Waals surface area contributed by atoms with Crippen LogP contribution in [-0.4, -0.2) is 32.1 Å². The second-order valence-electron chi connectivity index (χ2n) is 3.61. The Morgan fingerprint density at radius 3 is 2.79 bits per heavy atom. The van der Waals surface area contributed by atoms with Crippen LogP contribution >= 0.6 is 0 Å². The van der Waals surface area contributed by atoms with E-state index in [-0.39, 0.29) is 36.5 Å². The molecule has 2 heterocycles. The average molecular weight is 267 g/mol. The van der Waals surface area contributed by atoms with Crippen LogP contribution in [0.4, 0.5) is 0 Å². The molecule has 2 aromatic heterocycles. The number of methoxy groups -OCH3 is 1. The Labute approximate surface area is 131 Å². The number of hydrogen-bond acceptors (Lipinski definition) is 5. The van der Waals surface area contributed by atoms with Crippen molar-refractivity contribution in [3.63, 3.8) is 0 Å². The molecule has 0 unspecified atom stereocenters. The summed E-state index contributed by atoms with van der Waals surface area (Å²) < 4.78 is 6.48. The molecular weight excluding hydrogens is 257 g/mol. The van der Waals surface area contributed by atoms with E-state index >= 15 is 0 Å². The number of tetrazole rings is 1. The molecule has 3 rings (SSSR count). The zero-order valence-electron chi connectivity index (χ0n) is 11.5. The summed E-state index contributed by atoms with van der Waals surface area (Å²) >= 11 is 0. The normalized spacial score (nSPS) is 10.2. The number of fused-ring (bicyclic) bond motifs is 1. The van der Waals surface area contributed by atoms with Gasteiger partial charge in [-0.25, -0.2) is 0 Å². The summed E-state index contributed by atoms with van der Waals surface area (Å²) in [6, 6.07) is 8.56. The van der Waals surface area contributed by atoms with Gasteiger partial charge < -0.3 is 6.16 Å². The van der Waals surface area contributed by atoms with Crippen molar-refractivity contribution < 1.29 is 35.7 Å². The summed E-state index contributed by atoms with van der Waals surface area (Å²) in [7, 11) is 1.59. The minimum atomic E-state index is -0.231. The van der Waals surface area contributed by atoms with Crippen LogP contribution in [0.5, 0.6) is 5.75 Å². The fourth-order valence-electron chi connectivity index (χ4n) is 1.77. The Hall–Kier alpha value is -1.70. The molecule has 1 aromatic carbocycles. The standard InChI is InChI=1S/C11H9N5O2.Na.H/c1-18-9-3-4-10-8(6-9)2-5-11(17)15(10)16-13-7-12-14-16;;/h2-7H,1H3;;/q;+1;-1. The molecule has 0 amide bonds. The summed E-state index contributed by atoms with van der Waals surface area (Å²) in [5.41, 5.74) is 0.451. The van der Waals surface area contributed by atoms with Crippen LogP contribution in [0.3, 0.4) is 0 Å². The van der Waals surface area contributed by atoms with E-state index in [1.54, 1.807) is 25.3 Å². The Bertz CT molecular complexity index is 759. The summed E-state index contributed by atoms with van der Waals surface area (Å²) in [5, 5.41) is 12.0. The smallest absolute Gasteiger partial charge is 1.00 e. The predicted molar refractivity (Wildman–Crippen MR) is 64.5 cm³/mol. The first-order valence-electron chi connectivity index (χ1n) is 5.23. The van der Waals surface area contributed by atoms with Gasteiger partial charge in [-0.3, -0.25) is 4.79 Å². The fourth-order valence-corrected chi connectivity index (χ4v) is 1.77. The van der Waals surface area contributed by atoms with Gasteiger partial charge in [0.1, 0.15) is 5.75 Å². The molecule has 0 fully saturated rings. The van der Waals surface area contributed by atoms with E-state index in [9.17, 15) is 4.79 Å². The monoisotopic (exact) mass is 267 g/mol. The maximum Gasteiger partial charge on any atom is 1.00 e. The van der Waals surface area contributed by atoms with E-state index in [4.69, 9.17) is 4.74 Å². The number of nitrogens with zero attached hydrogens (tertiary/aromatic N) is 5. The maximum atomic E-state index is 11.9. The molecular formula is C11H10N5NaO2. The maximum absolute atomic E-state index is 11.9. The molecule has 0 aliphatic carbocycles. The van der Waals surface area contributed by atoms with Crippen molar-refractivity contribution in [1.82, 2.24) is 25.0 Å². The van der Waals surface area contributed by atoms with E-state index < -0.39 is 0 Å². The topological polar surface area (TPSA) is 74.8 Å². The summed E-state index contributed by atoms with van der Waals surface area (Å²) in [4.78, 5) is 13.0. The molecule has 0 aliphatic rings. The third kappa shape index (κ3) is 2.40. The average Bonchev–Trinajstić information content (AvgIpc) is 2.91. The van der Waals surface area contributed by atoms with Gasteiger partial charge in [0.05, 0.1) is 12.6 Å². The molecule has 0 saturated carbocycles. The molecule has 0 bridgehead atoms. The molecule has 0 N–H and O–H groups in total. The Morgan fingerprint density at radius 1 is 1.26 bits per heavy atom. The minimum Gasteiger partial charge on any atom is -1.00 e. The second kappa shape index (κ2) is 5.52. The molecule has 0 spiro atoms. The largest absolute Gasteiger partial charge is 1.00 e. The molecule has 7 nitrogen and oxygen atoms in total. The van der Waals surface area contributed by atoms with Crippen LogP contribution in [0.15, 0.2) is 41.5 Å². The summed E-state index contributed by atoms with van der Waals surface area (Å²) in [6.07, 6.45) is 1.27. The van der Waals surface area contributed by atoms with E-state index in [0.717, 1.165) is 16.0 Å². The number of rotatable bonds is 2. The minimum absolute atomic E-state index is 0. The Morgan fingerprint density at radius 2 is 2.11 bits per heavy atom. The van der Waals surface area contributed by atoms with Crippen LogP contribution < -0.4 is 39.9 Å². The Kier molecular flexibility index (Phi) is 3.98. The van der Waals surface area contributed by atoms with Gasteiger partial charge in [-0.05, 0) is 29.5 Å². The van der Waals surface area contributed by atoms with Crippen LogP contribution in [0.1, 0.15) is 1.43 Å². The molecule has 3 aromatic rings. The molecule has 0 radical (unpaired) electrons. The first-order chi connectivity index (χ1) is 8.79. The number of hydrogen-bond donors (Lipinski definition) is 0. The van der Waals surface area contributed by atoms with Crippen LogP contribution in [0, 0.1) is 0 Å². The van der Waals surface area contributed by atoms with E-state index in [2.05, 4.69) is 15.4 Å². The van der Waals surface area contributed by atoms with Gasteiger partial charge in [-0.15, -0.1) is 10.2 Å². The van der Waals surface area contributed by atoms with Gasteiger partial charge in [0.15, 0.2) is 6.33 Å². The zero-order valence-corrected chi connectivity index (χ0v) is 12.5. The number of benzene rings is 1. The van der Waals surface area contributed by atoms with Crippen molar-refractivity contribution in [2.45, 2.75) is 0 Å².